The molecule has 0 radical (unpaired) electrons. The van der Waals surface area contributed by atoms with Crippen molar-refractivity contribution in [3.05, 3.63) is 17.8 Å². The van der Waals surface area contributed by atoms with Crippen LogP contribution in [0.3, 0.4) is 0 Å². The van der Waals surface area contributed by atoms with Gasteiger partial charge in [-0.25, -0.2) is 0 Å². The molecular weight excluding hydrogens is 276 g/mol. The number of likely N-dealkylation sites (N-methyl/N-ethyl adjacent to an activating group) is 1. The lowest BCUT2D eigenvalue weighted by Crippen LogP contribution is -2.49. The number of nitrogens with zero attached hydrogens (tertiary/aromatic N) is 4. The van der Waals surface area contributed by atoms with Gasteiger partial charge in [0.1, 0.15) is 0 Å². The van der Waals surface area contributed by atoms with Crippen molar-refractivity contribution in [1.29, 1.82) is 0 Å². The summed E-state index contributed by atoms with van der Waals surface area (Å²) in [7, 11) is 2.24. The molecule has 0 bridgehead atoms. The van der Waals surface area contributed by atoms with Gasteiger partial charge in [-0.05, 0) is 58.2 Å². The van der Waals surface area contributed by atoms with E-state index in [2.05, 4.69) is 33.1 Å². The van der Waals surface area contributed by atoms with Crippen LogP contribution < -0.4 is 4.90 Å². The lowest BCUT2D eigenvalue weighted by molar-refractivity contribution is -0.00908. The van der Waals surface area contributed by atoms with Crippen LogP contribution >= 0.6 is 0 Å². The average molecular weight is 304 g/mol. The molecule has 1 aromatic rings. The molecule has 2 aliphatic rings. The smallest absolute Gasteiger partial charge is 0.151 e. The van der Waals surface area contributed by atoms with E-state index in [0.717, 1.165) is 37.8 Å². The van der Waals surface area contributed by atoms with Crippen LogP contribution in [-0.4, -0.2) is 60.5 Å². The van der Waals surface area contributed by atoms with E-state index >= 15 is 0 Å². The fourth-order valence-corrected chi connectivity index (χ4v) is 3.50. The van der Waals surface area contributed by atoms with Gasteiger partial charge in [0.2, 0.25) is 0 Å². The summed E-state index contributed by atoms with van der Waals surface area (Å²) >= 11 is 0. The second-order valence-corrected chi connectivity index (χ2v) is 6.70. The predicted molar refractivity (Wildman–Crippen MR) is 88.2 cm³/mol. The molecule has 0 saturated carbocycles. The maximum atomic E-state index is 5.89. The van der Waals surface area contributed by atoms with E-state index in [1.807, 2.05) is 13.0 Å². The summed E-state index contributed by atoms with van der Waals surface area (Å²) in [6, 6.07) is 4.72. The second kappa shape index (κ2) is 7.38. The lowest BCUT2D eigenvalue weighted by Gasteiger charge is -2.39. The fraction of sp³-hybridized carbons (Fsp3) is 0.765. The van der Waals surface area contributed by atoms with E-state index < -0.39 is 0 Å². The number of hydrogen-bond acceptors (Lipinski definition) is 5. The molecule has 0 spiro atoms. The molecule has 3 heterocycles. The maximum absolute atomic E-state index is 5.89. The van der Waals surface area contributed by atoms with Gasteiger partial charge in [0.05, 0.1) is 11.8 Å². The van der Waals surface area contributed by atoms with Crippen LogP contribution in [0.2, 0.25) is 0 Å². The van der Waals surface area contributed by atoms with E-state index in [1.165, 1.54) is 32.1 Å². The zero-order valence-corrected chi connectivity index (χ0v) is 13.9. The average Bonchev–Trinajstić information content (AvgIpc) is 2.56. The van der Waals surface area contributed by atoms with Crippen LogP contribution in [0.25, 0.3) is 0 Å². The van der Waals surface area contributed by atoms with Gasteiger partial charge >= 0.3 is 0 Å². The molecule has 5 heteroatoms. The highest BCUT2D eigenvalue weighted by Gasteiger charge is 2.26. The van der Waals surface area contributed by atoms with Crippen molar-refractivity contribution in [2.45, 2.75) is 51.2 Å². The first kappa shape index (κ1) is 15.7. The minimum Gasteiger partial charge on any atom is -0.377 e. The van der Waals surface area contributed by atoms with Gasteiger partial charge in [-0.3, -0.25) is 4.90 Å². The standard InChI is InChI=1S/C17H28N4O/c1-14-8-9-17(19-18-14)21-10-5-6-15(12-21)20(2)13-16-7-3-4-11-22-16/h8-9,15-16H,3-7,10-13H2,1-2H3/t15-,16+/m0/s1. The van der Waals surface area contributed by atoms with Crippen molar-refractivity contribution >= 4 is 5.82 Å². The summed E-state index contributed by atoms with van der Waals surface area (Å²) in [4.78, 5) is 4.86. The van der Waals surface area contributed by atoms with Gasteiger partial charge in [-0.2, -0.15) is 5.10 Å². The summed E-state index contributed by atoms with van der Waals surface area (Å²) in [6.45, 7) is 6.10. The normalized spacial score (nSPS) is 26.4. The fourth-order valence-electron chi connectivity index (χ4n) is 3.50. The van der Waals surface area contributed by atoms with E-state index in [4.69, 9.17) is 4.74 Å². The topological polar surface area (TPSA) is 41.5 Å². The summed E-state index contributed by atoms with van der Waals surface area (Å²) < 4.78 is 5.89. The van der Waals surface area contributed by atoms with Gasteiger partial charge in [0.15, 0.2) is 5.82 Å². The third-order valence-electron chi connectivity index (χ3n) is 4.89. The van der Waals surface area contributed by atoms with Crippen LogP contribution in [0.15, 0.2) is 12.1 Å². The predicted octanol–water partition coefficient (Wildman–Crippen LogP) is 2.25. The molecule has 3 rings (SSSR count). The number of piperidine rings is 1. The minimum absolute atomic E-state index is 0.424. The van der Waals surface area contributed by atoms with Crippen LogP contribution in [0.5, 0.6) is 0 Å². The number of hydrogen-bond donors (Lipinski definition) is 0. The molecule has 122 valence electrons. The molecule has 0 unspecified atom stereocenters. The quantitative estimate of drug-likeness (QED) is 0.853. The first-order chi connectivity index (χ1) is 10.7. The summed E-state index contributed by atoms with van der Waals surface area (Å²) in [5.74, 6) is 1.01. The molecule has 0 aromatic carbocycles. The molecule has 5 nitrogen and oxygen atoms in total. The number of anilines is 1. The molecule has 2 atom stereocenters. The van der Waals surface area contributed by atoms with Gasteiger partial charge in [-0.1, -0.05) is 0 Å². The van der Waals surface area contributed by atoms with E-state index in [1.54, 1.807) is 0 Å². The van der Waals surface area contributed by atoms with Crippen LogP contribution in [0.4, 0.5) is 5.82 Å². The number of aryl methyl sites for hydroxylation is 1. The Morgan fingerprint density at radius 2 is 2.14 bits per heavy atom. The lowest BCUT2D eigenvalue weighted by atomic mass is 10.0. The van der Waals surface area contributed by atoms with Crippen molar-refractivity contribution in [2.75, 3.05) is 38.2 Å². The Balaban J connectivity index is 1.56. The molecule has 0 amide bonds. The van der Waals surface area contributed by atoms with Gasteiger partial charge in [0, 0.05) is 32.3 Å². The largest absolute Gasteiger partial charge is 0.377 e. The third kappa shape index (κ3) is 3.96. The van der Waals surface area contributed by atoms with Gasteiger partial charge < -0.3 is 9.64 Å². The molecule has 1 aromatic heterocycles. The van der Waals surface area contributed by atoms with Crippen LogP contribution in [-0.2, 0) is 4.74 Å². The van der Waals surface area contributed by atoms with Gasteiger partial charge in [-0.15, -0.1) is 5.10 Å². The minimum atomic E-state index is 0.424. The molecular formula is C17H28N4O. The molecule has 2 saturated heterocycles. The first-order valence-corrected chi connectivity index (χ1v) is 8.59. The maximum Gasteiger partial charge on any atom is 0.151 e. The highest BCUT2D eigenvalue weighted by molar-refractivity contribution is 5.38. The molecule has 2 fully saturated rings. The second-order valence-electron chi connectivity index (χ2n) is 6.70. The van der Waals surface area contributed by atoms with Crippen LogP contribution in [0.1, 0.15) is 37.8 Å². The molecule has 0 N–H and O–H groups in total. The summed E-state index contributed by atoms with van der Waals surface area (Å²) in [6.07, 6.45) is 6.66. The van der Waals surface area contributed by atoms with E-state index in [0.29, 0.717) is 12.1 Å². The van der Waals surface area contributed by atoms with Gasteiger partial charge in [0.25, 0.3) is 0 Å². The number of aromatic nitrogens is 2. The Morgan fingerprint density at radius 3 is 2.86 bits per heavy atom. The Bertz CT molecular complexity index is 458. The Hall–Kier alpha value is -1.20. The monoisotopic (exact) mass is 304 g/mol. The summed E-state index contributed by atoms with van der Waals surface area (Å²) in [5, 5.41) is 8.54. The van der Waals surface area contributed by atoms with Crippen LogP contribution in [0, 0.1) is 6.92 Å². The van der Waals surface area contributed by atoms with Crippen molar-refractivity contribution in [1.82, 2.24) is 15.1 Å². The molecule has 0 aliphatic carbocycles. The first-order valence-electron chi connectivity index (χ1n) is 8.59. The zero-order chi connectivity index (χ0) is 15.4. The Kier molecular flexibility index (Phi) is 5.26. The van der Waals surface area contributed by atoms with E-state index in [9.17, 15) is 0 Å². The van der Waals surface area contributed by atoms with E-state index in [-0.39, 0.29) is 0 Å². The Labute approximate surface area is 133 Å². The number of ether oxygens (including phenoxy) is 1. The highest BCUT2D eigenvalue weighted by Crippen LogP contribution is 2.21. The number of rotatable bonds is 4. The third-order valence-corrected chi connectivity index (χ3v) is 4.89. The zero-order valence-electron chi connectivity index (χ0n) is 13.9. The SMILES string of the molecule is Cc1ccc(N2CCC[C@H](N(C)C[C@H]3CCCCO3)C2)nn1. The highest BCUT2D eigenvalue weighted by atomic mass is 16.5. The van der Waals surface area contributed by atoms with Crippen molar-refractivity contribution in [2.24, 2.45) is 0 Å². The Morgan fingerprint density at radius 1 is 1.23 bits per heavy atom. The summed E-state index contributed by atoms with van der Waals surface area (Å²) in [5.41, 5.74) is 0.976. The molecule has 2 aliphatic heterocycles. The van der Waals surface area contributed by atoms with Crippen molar-refractivity contribution in [3.8, 4) is 0 Å². The van der Waals surface area contributed by atoms with Crippen molar-refractivity contribution < 1.29 is 4.74 Å². The van der Waals surface area contributed by atoms with Crippen molar-refractivity contribution in [3.63, 3.8) is 0 Å². The molecule has 22 heavy (non-hydrogen) atoms.